The van der Waals surface area contributed by atoms with Gasteiger partial charge in [0.25, 0.3) is 5.91 Å². The summed E-state index contributed by atoms with van der Waals surface area (Å²) in [6, 6.07) is 5.92. The van der Waals surface area contributed by atoms with Crippen LogP contribution in [-0.4, -0.2) is 25.2 Å². The molecule has 1 aliphatic rings. The van der Waals surface area contributed by atoms with Gasteiger partial charge in [-0.25, -0.2) is 0 Å². The smallest absolute Gasteiger partial charge is 0.252 e. The van der Waals surface area contributed by atoms with Gasteiger partial charge in [-0.1, -0.05) is 13.8 Å². The molecule has 19 heavy (non-hydrogen) atoms. The maximum Gasteiger partial charge on any atom is 0.252 e. The number of carbonyl (C=O) groups is 1. The van der Waals surface area contributed by atoms with Crippen molar-refractivity contribution in [3.8, 4) is 0 Å². The van der Waals surface area contributed by atoms with E-state index in [1.807, 2.05) is 18.2 Å². The predicted octanol–water partition coefficient (Wildman–Crippen LogP) is 3.60. The van der Waals surface area contributed by atoms with E-state index in [-0.39, 0.29) is 23.5 Å². The summed E-state index contributed by atoms with van der Waals surface area (Å²) in [5, 5.41) is 3.10. The maximum atomic E-state index is 12.3. The van der Waals surface area contributed by atoms with E-state index in [1.165, 1.54) is 0 Å². The average Bonchev–Trinajstić information content (AvgIpc) is 2.36. The van der Waals surface area contributed by atoms with Crippen LogP contribution in [0, 0.1) is 8.99 Å². The second kappa shape index (κ2) is 5.69. The Bertz CT molecular complexity index is 504. The second-order valence-corrected chi connectivity index (χ2v) is 7.53. The Morgan fingerprint density at radius 1 is 1.53 bits per heavy atom. The van der Waals surface area contributed by atoms with Gasteiger partial charge in [0.2, 0.25) is 0 Å². The van der Waals surface area contributed by atoms with E-state index in [4.69, 9.17) is 4.74 Å². The number of benzene rings is 1. The average molecular weight is 438 g/mol. The molecule has 1 saturated carbocycles. The van der Waals surface area contributed by atoms with Gasteiger partial charge >= 0.3 is 0 Å². The van der Waals surface area contributed by atoms with E-state index in [1.54, 1.807) is 7.11 Å². The second-order valence-electron chi connectivity index (χ2n) is 5.43. The highest BCUT2D eigenvalue weighted by Crippen LogP contribution is 2.42. The van der Waals surface area contributed by atoms with Crippen molar-refractivity contribution in [1.29, 1.82) is 0 Å². The first-order valence-corrected chi connectivity index (χ1v) is 8.02. The topological polar surface area (TPSA) is 38.3 Å². The first kappa shape index (κ1) is 15.3. The lowest BCUT2D eigenvalue weighted by Gasteiger charge is -2.51. The zero-order valence-corrected chi connectivity index (χ0v) is 14.9. The van der Waals surface area contributed by atoms with E-state index >= 15 is 0 Å². The molecule has 3 nitrogen and oxygen atoms in total. The van der Waals surface area contributed by atoms with Crippen LogP contribution >= 0.6 is 38.5 Å². The molecular weight excluding hydrogens is 421 g/mol. The van der Waals surface area contributed by atoms with Gasteiger partial charge in [0, 0.05) is 26.6 Å². The van der Waals surface area contributed by atoms with Gasteiger partial charge in [-0.05, 0) is 63.1 Å². The van der Waals surface area contributed by atoms with E-state index in [0.29, 0.717) is 5.56 Å². The molecule has 5 heteroatoms. The quantitative estimate of drug-likeness (QED) is 0.733. The Morgan fingerprint density at radius 3 is 2.79 bits per heavy atom. The summed E-state index contributed by atoms with van der Waals surface area (Å²) < 4.78 is 7.27. The minimum Gasteiger partial charge on any atom is -0.381 e. The molecule has 0 radical (unpaired) electrons. The highest BCUT2D eigenvalue weighted by molar-refractivity contribution is 14.1. The molecule has 1 aromatic rings. The predicted molar refractivity (Wildman–Crippen MR) is 87.3 cm³/mol. The molecule has 0 aliphatic heterocycles. The number of hydrogen-bond donors (Lipinski definition) is 1. The summed E-state index contributed by atoms with van der Waals surface area (Å²) in [6.45, 7) is 4.25. The van der Waals surface area contributed by atoms with Crippen molar-refractivity contribution in [2.75, 3.05) is 7.11 Å². The van der Waals surface area contributed by atoms with Gasteiger partial charge in [0.05, 0.1) is 11.7 Å². The molecule has 2 rings (SSSR count). The first-order chi connectivity index (χ1) is 8.86. The van der Waals surface area contributed by atoms with Crippen molar-refractivity contribution in [2.45, 2.75) is 32.4 Å². The van der Waals surface area contributed by atoms with Gasteiger partial charge in [-0.15, -0.1) is 0 Å². The molecule has 1 aromatic carbocycles. The summed E-state index contributed by atoms with van der Waals surface area (Å²) >= 11 is 5.63. The third-order valence-corrected chi connectivity index (χ3v) is 5.30. The SMILES string of the molecule is COC1CC(NC(=O)c2cc(I)ccc2Br)C1(C)C. The van der Waals surface area contributed by atoms with E-state index in [0.717, 1.165) is 14.5 Å². The Kier molecular flexibility index (Phi) is 4.57. The van der Waals surface area contributed by atoms with Gasteiger partial charge in [-0.3, -0.25) is 4.79 Å². The first-order valence-electron chi connectivity index (χ1n) is 6.15. The fourth-order valence-corrected chi connectivity index (χ4v) is 3.36. The number of ether oxygens (including phenoxy) is 1. The number of rotatable bonds is 3. The molecule has 2 atom stereocenters. The molecule has 0 heterocycles. The van der Waals surface area contributed by atoms with Crippen LogP contribution < -0.4 is 5.32 Å². The van der Waals surface area contributed by atoms with Gasteiger partial charge in [0.1, 0.15) is 0 Å². The number of halogens is 2. The molecule has 2 unspecified atom stereocenters. The highest BCUT2D eigenvalue weighted by Gasteiger charge is 2.49. The zero-order valence-electron chi connectivity index (χ0n) is 11.2. The largest absolute Gasteiger partial charge is 0.381 e. The zero-order chi connectivity index (χ0) is 14.2. The Balaban J connectivity index is 2.09. The number of amides is 1. The number of hydrogen-bond acceptors (Lipinski definition) is 2. The minimum absolute atomic E-state index is 0.0151. The molecule has 0 bridgehead atoms. The van der Waals surface area contributed by atoms with Crippen molar-refractivity contribution < 1.29 is 9.53 Å². The lowest BCUT2D eigenvalue weighted by molar-refractivity contribution is -0.0942. The molecule has 104 valence electrons. The molecule has 1 amide bonds. The van der Waals surface area contributed by atoms with E-state index in [2.05, 4.69) is 57.7 Å². The van der Waals surface area contributed by atoms with Gasteiger partial charge in [0.15, 0.2) is 0 Å². The summed E-state index contributed by atoms with van der Waals surface area (Å²) in [5.41, 5.74) is 0.669. The number of nitrogens with one attached hydrogen (secondary N) is 1. The van der Waals surface area contributed by atoms with Crippen LogP contribution in [0.2, 0.25) is 0 Å². The van der Waals surface area contributed by atoms with Crippen molar-refractivity contribution in [3.63, 3.8) is 0 Å². The third-order valence-electron chi connectivity index (χ3n) is 3.94. The van der Waals surface area contributed by atoms with Crippen molar-refractivity contribution in [2.24, 2.45) is 5.41 Å². The van der Waals surface area contributed by atoms with E-state index in [9.17, 15) is 4.79 Å². The Hall–Kier alpha value is -0.140. The van der Waals surface area contributed by atoms with Gasteiger partial charge < -0.3 is 10.1 Å². The summed E-state index contributed by atoms with van der Waals surface area (Å²) in [5.74, 6) is -0.0296. The van der Waals surface area contributed by atoms with E-state index < -0.39 is 0 Å². The van der Waals surface area contributed by atoms with Crippen LogP contribution in [0.4, 0.5) is 0 Å². The van der Waals surface area contributed by atoms with Gasteiger partial charge in [-0.2, -0.15) is 0 Å². The molecule has 1 N–H and O–H groups in total. The fraction of sp³-hybridized carbons (Fsp3) is 0.500. The number of carbonyl (C=O) groups excluding carboxylic acids is 1. The van der Waals surface area contributed by atoms with Crippen molar-refractivity contribution in [1.82, 2.24) is 5.32 Å². The van der Waals surface area contributed by atoms with Crippen LogP contribution in [0.15, 0.2) is 22.7 Å². The molecule has 0 aromatic heterocycles. The monoisotopic (exact) mass is 437 g/mol. The third kappa shape index (κ3) is 2.97. The molecule has 0 spiro atoms. The molecular formula is C14H17BrINO2. The van der Waals surface area contributed by atoms with Crippen molar-refractivity contribution in [3.05, 3.63) is 31.8 Å². The van der Waals surface area contributed by atoms with Crippen LogP contribution in [0.5, 0.6) is 0 Å². The van der Waals surface area contributed by atoms with Crippen LogP contribution in [0.25, 0.3) is 0 Å². The molecule has 0 saturated heterocycles. The molecule has 1 aliphatic carbocycles. The summed E-state index contributed by atoms with van der Waals surface area (Å²) in [4.78, 5) is 12.3. The summed E-state index contributed by atoms with van der Waals surface area (Å²) in [7, 11) is 1.72. The van der Waals surface area contributed by atoms with Crippen LogP contribution in [-0.2, 0) is 4.74 Å². The van der Waals surface area contributed by atoms with Crippen LogP contribution in [0.1, 0.15) is 30.6 Å². The minimum atomic E-state index is -0.0296. The normalized spacial score (nSPS) is 24.7. The molecule has 1 fully saturated rings. The highest BCUT2D eigenvalue weighted by atomic mass is 127. The van der Waals surface area contributed by atoms with Crippen molar-refractivity contribution >= 4 is 44.4 Å². The lowest BCUT2D eigenvalue weighted by atomic mass is 9.64. The number of methoxy groups -OCH3 is 1. The standard InChI is InChI=1S/C14H17BrINO2/c1-14(2)11(7-12(14)19-3)17-13(18)9-6-8(16)4-5-10(9)15/h4-6,11-12H,7H2,1-3H3,(H,17,18). The summed E-state index contributed by atoms with van der Waals surface area (Å²) in [6.07, 6.45) is 1.09. The maximum absolute atomic E-state index is 12.3. The lowest BCUT2D eigenvalue weighted by Crippen LogP contribution is -2.61. The Labute approximate surface area is 135 Å². The Morgan fingerprint density at radius 2 is 2.21 bits per heavy atom. The van der Waals surface area contributed by atoms with Crippen LogP contribution in [0.3, 0.4) is 0 Å². The fourth-order valence-electron chi connectivity index (χ4n) is 2.44.